The van der Waals surface area contributed by atoms with Crippen LogP contribution in [-0.2, 0) is 6.42 Å². The molecular formula is C11H10F2N2O. The molecule has 0 aliphatic carbocycles. The molecule has 1 aromatic heterocycles. The van der Waals surface area contributed by atoms with E-state index in [-0.39, 0.29) is 5.56 Å². The van der Waals surface area contributed by atoms with Gasteiger partial charge in [0.25, 0.3) is 0 Å². The molecule has 5 heteroatoms. The van der Waals surface area contributed by atoms with Crippen molar-refractivity contribution in [2.45, 2.75) is 6.42 Å². The molecule has 1 heterocycles. The van der Waals surface area contributed by atoms with Crippen LogP contribution in [-0.4, -0.2) is 11.5 Å². The number of benzene rings is 1. The van der Waals surface area contributed by atoms with E-state index in [2.05, 4.69) is 4.98 Å². The van der Waals surface area contributed by atoms with Gasteiger partial charge in [0.1, 0.15) is 23.6 Å². The summed E-state index contributed by atoms with van der Waals surface area (Å²) in [6.07, 6.45) is 1.82. The maximum atomic E-state index is 13.4. The van der Waals surface area contributed by atoms with Crippen LogP contribution in [0, 0.1) is 11.6 Å². The molecule has 84 valence electrons. The summed E-state index contributed by atoms with van der Waals surface area (Å²) in [6.45, 7) is 0.409. The zero-order valence-electron chi connectivity index (χ0n) is 8.41. The topological polar surface area (TPSA) is 52.0 Å². The first-order valence-corrected chi connectivity index (χ1v) is 4.80. The van der Waals surface area contributed by atoms with Crippen molar-refractivity contribution in [3.63, 3.8) is 0 Å². The van der Waals surface area contributed by atoms with Gasteiger partial charge in [-0.2, -0.15) is 0 Å². The molecule has 0 fully saturated rings. The molecular weight excluding hydrogens is 214 g/mol. The molecule has 2 aromatic rings. The van der Waals surface area contributed by atoms with E-state index in [4.69, 9.17) is 10.2 Å². The average Bonchev–Trinajstić information content (AvgIpc) is 2.67. The molecule has 16 heavy (non-hydrogen) atoms. The monoisotopic (exact) mass is 224 g/mol. The van der Waals surface area contributed by atoms with Gasteiger partial charge >= 0.3 is 0 Å². The summed E-state index contributed by atoms with van der Waals surface area (Å²) in [5.74, 6) is -0.833. The molecule has 0 unspecified atom stereocenters. The van der Waals surface area contributed by atoms with Crippen LogP contribution in [0.15, 0.2) is 28.9 Å². The maximum Gasteiger partial charge on any atom is 0.195 e. The average molecular weight is 224 g/mol. The van der Waals surface area contributed by atoms with E-state index in [0.717, 1.165) is 6.07 Å². The predicted octanol–water partition coefficient (Wildman–Crippen LogP) is 2.12. The molecule has 0 aliphatic heterocycles. The second-order valence-electron chi connectivity index (χ2n) is 3.29. The van der Waals surface area contributed by atoms with E-state index in [1.165, 1.54) is 18.4 Å². The number of oxazole rings is 1. The first-order chi connectivity index (χ1) is 7.70. The van der Waals surface area contributed by atoms with Gasteiger partial charge in [0.15, 0.2) is 5.89 Å². The molecule has 0 aliphatic rings. The van der Waals surface area contributed by atoms with Crippen LogP contribution in [0.3, 0.4) is 0 Å². The SMILES string of the molecule is NCCc1nc(-c2ccc(F)cc2F)co1. The fourth-order valence-corrected chi connectivity index (χ4v) is 1.37. The second-order valence-corrected chi connectivity index (χ2v) is 3.29. The highest BCUT2D eigenvalue weighted by atomic mass is 19.1. The van der Waals surface area contributed by atoms with Crippen LogP contribution in [0.25, 0.3) is 11.3 Å². The lowest BCUT2D eigenvalue weighted by atomic mass is 10.1. The minimum Gasteiger partial charge on any atom is -0.448 e. The van der Waals surface area contributed by atoms with Gasteiger partial charge in [-0.25, -0.2) is 13.8 Å². The van der Waals surface area contributed by atoms with Crippen LogP contribution in [0.4, 0.5) is 8.78 Å². The lowest BCUT2D eigenvalue weighted by Crippen LogP contribution is -2.02. The number of hydrogen-bond acceptors (Lipinski definition) is 3. The van der Waals surface area contributed by atoms with Crippen molar-refractivity contribution >= 4 is 0 Å². The maximum absolute atomic E-state index is 13.4. The van der Waals surface area contributed by atoms with Gasteiger partial charge in [-0.3, -0.25) is 0 Å². The number of aromatic nitrogens is 1. The molecule has 2 rings (SSSR count). The van der Waals surface area contributed by atoms with Crippen molar-refractivity contribution in [2.75, 3.05) is 6.54 Å². The zero-order chi connectivity index (χ0) is 11.5. The Labute approximate surface area is 90.9 Å². The Kier molecular flexibility index (Phi) is 2.96. The summed E-state index contributed by atoms with van der Waals surface area (Å²) in [5, 5.41) is 0. The van der Waals surface area contributed by atoms with Crippen molar-refractivity contribution < 1.29 is 13.2 Å². The van der Waals surface area contributed by atoms with Gasteiger partial charge in [-0.15, -0.1) is 0 Å². The summed E-state index contributed by atoms with van der Waals surface area (Å²) in [4.78, 5) is 4.05. The van der Waals surface area contributed by atoms with Crippen LogP contribution < -0.4 is 5.73 Å². The first kappa shape index (κ1) is 10.8. The van der Waals surface area contributed by atoms with E-state index < -0.39 is 11.6 Å². The fourth-order valence-electron chi connectivity index (χ4n) is 1.37. The number of hydrogen-bond donors (Lipinski definition) is 1. The quantitative estimate of drug-likeness (QED) is 0.868. The van der Waals surface area contributed by atoms with Crippen LogP contribution >= 0.6 is 0 Å². The minimum absolute atomic E-state index is 0.216. The predicted molar refractivity (Wildman–Crippen MR) is 54.6 cm³/mol. The largest absolute Gasteiger partial charge is 0.448 e. The summed E-state index contributed by atoms with van der Waals surface area (Å²) in [5.41, 5.74) is 5.90. The van der Waals surface area contributed by atoms with Crippen LogP contribution in [0.1, 0.15) is 5.89 Å². The Morgan fingerprint density at radius 1 is 1.31 bits per heavy atom. The molecule has 0 bridgehead atoms. The number of nitrogens with two attached hydrogens (primary N) is 1. The highest BCUT2D eigenvalue weighted by Crippen LogP contribution is 2.22. The van der Waals surface area contributed by atoms with Crippen molar-refractivity contribution in [1.29, 1.82) is 0 Å². The number of halogens is 2. The van der Waals surface area contributed by atoms with Gasteiger partial charge in [0.2, 0.25) is 0 Å². The fraction of sp³-hybridized carbons (Fsp3) is 0.182. The van der Waals surface area contributed by atoms with Crippen molar-refractivity contribution in [3.05, 3.63) is 42.0 Å². The van der Waals surface area contributed by atoms with E-state index in [1.54, 1.807) is 0 Å². The van der Waals surface area contributed by atoms with E-state index in [9.17, 15) is 8.78 Å². The van der Waals surface area contributed by atoms with Gasteiger partial charge in [-0.1, -0.05) is 0 Å². The normalized spacial score (nSPS) is 10.7. The standard InChI is InChI=1S/C11H10F2N2O/c12-7-1-2-8(9(13)5-7)10-6-16-11(15-10)3-4-14/h1-2,5-6H,3-4,14H2. The van der Waals surface area contributed by atoms with Gasteiger partial charge < -0.3 is 10.2 Å². The molecule has 0 saturated carbocycles. The van der Waals surface area contributed by atoms with Crippen molar-refractivity contribution in [2.24, 2.45) is 5.73 Å². The van der Waals surface area contributed by atoms with Gasteiger partial charge in [-0.05, 0) is 12.1 Å². The third-order valence-corrected chi connectivity index (χ3v) is 2.12. The van der Waals surface area contributed by atoms with E-state index in [1.807, 2.05) is 0 Å². The first-order valence-electron chi connectivity index (χ1n) is 4.80. The summed E-state index contributed by atoms with van der Waals surface area (Å²) in [7, 11) is 0. The molecule has 3 nitrogen and oxygen atoms in total. The smallest absolute Gasteiger partial charge is 0.195 e. The van der Waals surface area contributed by atoms with Gasteiger partial charge in [0, 0.05) is 24.6 Å². The lowest BCUT2D eigenvalue weighted by Gasteiger charge is -1.97. The molecule has 0 spiro atoms. The summed E-state index contributed by atoms with van der Waals surface area (Å²) < 4.78 is 31.2. The lowest BCUT2D eigenvalue weighted by molar-refractivity contribution is 0.496. The summed E-state index contributed by atoms with van der Waals surface area (Å²) >= 11 is 0. The molecule has 0 saturated heterocycles. The molecule has 0 radical (unpaired) electrons. The Morgan fingerprint density at radius 3 is 2.81 bits per heavy atom. The Morgan fingerprint density at radius 2 is 2.12 bits per heavy atom. The third-order valence-electron chi connectivity index (χ3n) is 2.12. The molecule has 0 amide bonds. The number of rotatable bonds is 3. The Bertz CT molecular complexity index is 496. The van der Waals surface area contributed by atoms with Crippen LogP contribution in [0.5, 0.6) is 0 Å². The van der Waals surface area contributed by atoms with Crippen LogP contribution in [0.2, 0.25) is 0 Å². The Hall–Kier alpha value is -1.75. The molecule has 1 aromatic carbocycles. The van der Waals surface area contributed by atoms with Gasteiger partial charge in [0.05, 0.1) is 0 Å². The Balaban J connectivity index is 2.35. The van der Waals surface area contributed by atoms with Crippen molar-refractivity contribution in [1.82, 2.24) is 4.98 Å². The highest BCUT2D eigenvalue weighted by Gasteiger charge is 2.10. The third kappa shape index (κ3) is 2.09. The zero-order valence-corrected chi connectivity index (χ0v) is 8.41. The minimum atomic E-state index is -0.660. The summed E-state index contributed by atoms with van der Waals surface area (Å²) in [6, 6.07) is 3.32. The van der Waals surface area contributed by atoms with Crippen molar-refractivity contribution in [3.8, 4) is 11.3 Å². The van der Waals surface area contributed by atoms with E-state index >= 15 is 0 Å². The molecule has 2 N–H and O–H groups in total. The molecule has 0 atom stereocenters. The number of nitrogens with zero attached hydrogens (tertiary/aromatic N) is 1. The van der Waals surface area contributed by atoms with E-state index in [0.29, 0.717) is 24.6 Å². The highest BCUT2D eigenvalue weighted by molar-refractivity contribution is 5.58. The second kappa shape index (κ2) is 4.40.